The van der Waals surface area contributed by atoms with E-state index in [2.05, 4.69) is 50.2 Å². The van der Waals surface area contributed by atoms with Gasteiger partial charge in [-0.05, 0) is 65.7 Å². The molecule has 1 saturated carbocycles. The summed E-state index contributed by atoms with van der Waals surface area (Å²) in [6, 6.07) is 4.82. The number of aryl methyl sites for hydroxylation is 1. The Labute approximate surface area is 166 Å². The molecule has 2 aromatic rings. The molecule has 1 amide bonds. The van der Waals surface area contributed by atoms with Gasteiger partial charge in [-0.15, -0.1) is 11.3 Å². The standard InChI is InChI=1S/C23H30N2OS/c1-14(2)16-10-15-6-7-20-22(3,8-5-9-23(20,4)21(24)26)18(15)11-17(16)19-12-27-13-25-19/h10-14,20H,5-9H2,1-4H3,(H2,24,26)/t20-,22-,23-/m1/s1. The predicted molar refractivity (Wildman–Crippen MR) is 112 cm³/mol. The highest BCUT2D eigenvalue weighted by molar-refractivity contribution is 7.07. The number of carbonyl (C=O) groups is 1. The van der Waals surface area contributed by atoms with Crippen molar-refractivity contribution in [3.05, 3.63) is 39.7 Å². The monoisotopic (exact) mass is 382 g/mol. The average Bonchev–Trinajstić information content (AvgIpc) is 3.15. The Balaban J connectivity index is 1.90. The van der Waals surface area contributed by atoms with Crippen LogP contribution in [-0.2, 0) is 16.6 Å². The molecule has 1 heterocycles. The van der Waals surface area contributed by atoms with Crippen LogP contribution in [0.4, 0.5) is 0 Å². The lowest BCUT2D eigenvalue weighted by molar-refractivity contribution is -0.135. The summed E-state index contributed by atoms with van der Waals surface area (Å²) in [5, 5.41) is 2.14. The van der Waals surface area contributed by atoms with Crippen molar-refractivity contribution in [1.29, 1.82) is 0 Å². The lowest BCUT2D eigenvalue weighted by Crippen LogP contribution is -2.54. The summed E-state index contributed by atoms with van der Waals surface area (Å²) in [7, 11) is 0. The zero-order valence-corrected chi connectivity index (χ0v) is 17.7. The summed E-state index contributed by atoms with van der Waals surface area (Å²) in [5.41, 5.74) is 14.0. The largest absolute Gasteiger partial charge is 0.369 e. The van der Waals surface area contributed by atoms with Crippen LogP contribution in [0.3, 0.4) is 0 Å². The van der Waals surface area contributed by atoms with E-state index in [0.29, 0.717) is 11.8 Å². The van der Waals surface area contributed by atoms with Gasteiger partial charge in [0.1, 0.15) is 0 Å². The van der Waals surface area contributed by atoms with Crippen LogP contribution in [0.15, 0.2) is 23.0 Å². The highest BCUT2D eigenvalue weighted by Gasteiger charge is 2.54. The van der Waals surface area contributed by atoms with E-state index in [1.54, 1.807) is 11.3 Å². The molecular formula is C23H30N2OS. The van der Waals surface area contributed by atoms with E-state index in [1.807, 2.05) is 5.51 Å². The first-order chi connectivity index (χ1) is 12.8. The second-order valence-corrected chi connectivity index (χ2v) is 9.99. The SMILES string of the molecule is CC(C)c1cc2c(cc1-c1cscn1)[C@@]1(C)CCC[C@@](C)(C(N)=O)[C@@H]1CC2. The average molecular weight is 383 g/mol. The van der Waals surface area contributed by atoms with E-state index in [9.17, 15) is 4.79 Å². The second kappa shape index (κ2) is 6.44. The van der Waals surface area contributed by atoms with E-state index in [4.69, 9.17) is 5.73 Å². The fourth-order valence-electron chi connectivity index (χ4n) is 5.88. The summed E-state index contributed by atoms with van der Waals surface area (Å²) in [4.78, 5) is 17.0. The van der Waals surface area contributed by atoms with Crippen LogP contribution < -0.4 is 5.73 Å². The van der Waals surface area contributed by atoms with Crippen LogP contribution in [0, 0.1) is 11.3 Å². The number of nitrogens with zero attached hydrogens (tertiary/aromatic N) is 1. The number of fused-ring (bicyclic) bond motifs is 3. The van der Waals surface area contributed by atoms with E-state index in [1.165, 1.54) is 22.3 Å². The normalized spacial score (nSPS) is 30.0. The van der Waals surface area contributed by atoms with Gasteiger partial charge in [0.2, 0.25) is 5.91 Å². The number of carbonyl (C=O) groups excluding carboxylic acids is 1. The maximum atomic E-state index is 12.4. The van der Waals surface area contributed by atoms with Gasteiger partial charge >= 0.3 is 0 Å². The molecule has 0 bridgehead atoms. The molecule has 0 saturated heterocycles. The Bertz CT molecular complexity index is 873. The van der Waals surface area contributed by atoms with Crippen LogP contribution in [0.2, 0.25) is 0 Å². The molecule has 3 nitrogen and oxygen atoms in total. The molecule has 4 heteroatoms. The van der Waals surface area contributed by atoms with Gasteiger partial charge in [-0.3, -0.25) is 4.79 Å². The lowest BCUT2D eigenvalue weighted by Gasteiger charge is -2.54. The number of nitrogens with two attached hydrogens (primary N) is 1. The molecule has 144 valence electrons. The van der Waals surface area contributed by atoms with Crippen molar-refractivity contribution in [2.24, 2.45) is 17.1 Å². The minimum atomic E-state index is -0.401. The van der Waals surface area contributed by atoms with Gasteiger partial charge in [0, 0.05) is 16.4 Å². The van der Waals surface area contributed by atoms with Crippen molar-refractivity contribution in [3.63, 3.8) is 0 Å². The molecule has 0 spiro atoms. The zero-order chi connectivity index (χ0) is 19.4. The van der Waals surface area contributed by atoms with Crippen LogP contribution >= 0.6 is 11.3 Å². The summed E-state index contributed by atoms with van der Waals surface area (Å²) in [6.45, 7) is 8.99. The predicted octanol–water partition coefficient (Wildman–Crippen LogP) is 5.43. The Morgan fingerprint density at radius 1 is 1.30 bits per heavy atom. The quantitative estimate of drug-likeness (QED) is 0.769. The number of primary amides is 1. The molecule has 0 radical (unpaired) electrons. The molecule has 1 aromatic heterocycles. The Morgan fingerprint density at radius 2 is 2.07 bits per heavy atom. The van der Waals surface area contributed by atoms with E-state index in [0.717, 1.165) is 37.8 Å². The number of hydrogen-bond acceptors (Lipinski definition) is 3. The fraction of sp³-hybridized carbons (Fsp3) is 0.565. The molecule has 4 rings (SSSR count). The van der Waals surface area contributed by atoms with E-state index in [-0.39, 0.29) is 11.3 Å². The van der Waals surface area contributed by atoms with Crippen LogP contribution in [0.5, 0.6) is 0 Å². The molecule has 2 aliphatic carbocycles. The van der Waals surface area contributed by atoms with Crippen molar-refractivity contribution in [1.82, 2.24) is 4.98 Å². The molecule has 1 fully saturated rings. The Morgan fingerprint density at radius 3 is 2.70 bits per heavy atom. The number of rotatable bonds is 3. The van der Waals surface area contributed by atoms with Gasteiger partial charge in [0.05, 0.1) is 11.2 Å². The topological polar surface area (TPSA) is 56.0 Å². The minimum absolute atomic E-state index is 0.00982. The summed E-state index contributed by atoms with van der Waals surface area (Å²) >= 11 is 1.65. The Kier molecular flexibility index (Phi) is 4.45. The maximum Gasteiger partial charge on any atom is 0.223 e. The van der Waals surface area contributed by atoms with Crippen LogP contribution in [0.1, 0.15) is 76.0 Å². The second-order valence-electron chi connectivity index (χ2n) is 9.27. The Hall–Kier alpha value is -1.68. The maximum absolute atomic E-state index is 12.4. The highest BCUT2D eigenvalue weighted by atomic mass is 32.1. The van der Waals surface area contributed by atoms with Crippen molar-refractivity contribution in [3.8, 4) is 11.3 Å². The summed E-state index contributed by atoms with van der Waals surface area (Å²) in [5.74, 6) is 0.650. The number of aromatic nitrogens is 1. The molecule has 2 N–H and O–H groups in total. The lowest BCUT2D eigenvalue weighted by atomic mass is 9.49. The number of benzene rings is 1. The summed E-state index contributed by atoms with van der Waals surface area (Å²) < 4.78 is 0. The molecule has 2 aliphatic rings. The van der Waals surface area contributed by atoms with Crippen molar-refractivity contribution >= 4 is 17.2 Å². The van der Waals surface area contributed by atoms with Crippen molar-refractivity contribution in [2.75, 3.05) is 0 Å². The van der Waals surface area contributed by atoms with E-state index >= 15 is 0 Å². The van der Waals surface area contributed by atoms with Gasteiger partial charge in [0.15, 0.2) is 0 Å². The third-order valence-electron chi connectivity index (χ3n) is 7.42. The molecule has 3 atom stereocenters. The number of hydrogen-bond donors (Lipinski definition) is 1. The van der Waals surface area contributed by atoms with Gasteiger partial charge in [0.25, 0.3) is 0 Å². The number of amides is 1. The third-order valence-corrected chi connectivity index (χ3v) is 8.00. The smallest absolute Gasteiger partial charge is 0.223 e. The molecule has 1 aromatic carbocycles. The van der Waals surface area contributed by atoms with Crippen molar-refractivity contribution in [2.45, 2.75) is 71.1 Å². The van der Waals surface area contributed by atoms with Gasteiger partial charge in [-0.25, -0.2) is 4.98 Å². The third kappa shape index (κ3) is 2.75. The summed E-state index contributed by atoms with van der Waals surface area (Å²) in [6.07, 6.45) is 5.20. The number of thiazole rings is 1. The zero-order valence-electron chi connectivity index (χ0n) is 16.8. The van der Waals surface area contributed by atoms with Gasteiger partial charge < -0.3 is 5.73 Å². The van der Waals surface area contributed by atoms with Crippen LogP contribution in [-0.4, -0.2) is 10.9 Å². The van der Waals surface area contributed by atoms with Crippen molar-refractivity contribution < 1.29 is 4.79 Å². The first-order valence-electron chi connectivity index (χ1n) is 10.1. The first kappa shape index (κ1) is 18.7. The first-order valence-corrected chi connectivity index (χ1v) is 11.1. The molecule has 27 heavy (non-hydrogen) atoms. The van der Waals surface area contributed by atoms with E-state index < -0.39 is 5.41 Å². The molecule has 0 unspecified atom stereocenters. The minimum Gasteiger partial charge on any atom is -0.369 e. The van der Waals surface area contributed by atoms with Gasteiger partial charge in [-0.2, -0.15) is 0 Å². The highest BCUT2D eigenvalue weighted by Crippen LogP contribution is 2.57. The fourth-order valence-corrected chi connectivity index (χ4v) is 6.43. The van der Waals surface area contributed by atoms with Gasteiger partial charge in [-0.1, -0.05) is 40.2 Å². The van der Waals surface area contributed by atoms with Crippen LogP contribution in [0.25, 0.3) is 11.3 Å². The molecule has 0 aliphatic heterocycles. The molecular weight excluding hydrogens is 352 g/mol.